The summed E-state index contributed by atoms with van der Waals surface area (Å²) < 4.78 is 6.02. The maximum Gasteiger partial charge on any atom is 0.125 e. The number of aliphatic hydroxyl groups is 1. The highest BCUT2D eigenvalue weighted by molar-refractivity contribution is 5.57. The van der Waals surface area contributed by atoms with Crippen molar-refractivity contribution < 1.29 is 9.84 Å². The third-order valence-corrected chi connectivity index (χ3v) is 4.90. The van der Waals surface area contributed by atoms with Crippen LogP contribution in [-0.2, 0) is 5.60 Å². The molecule has 0 radical (unpaired) electrons. The molecule has 0 fully saturated rings. The van der Waals surface area contributed by atoms with E-state index in [9.17, 15) is 5.11 Å². The van der Waals surface area contributed by atoms with E-state index >= 15 is 0 Å². The fraction of sp³-hybridized carbons (Fsp3) is 0.364. The summed E-state index contributed by atoms with van der Waals surface area (Å²) in [5, 5.41) is 11.8. The Labute approximate surface area is 144 Å². The number of ether oxygens (including phenoxy) is 1. The monoisotopic (exact) mass is 322 g/mol. The summed E-state index contributed by atoms with van der Waals surface area (Å²) in [7, 11) is 0. The number of hydrogen-bond acceptors (Lipinski definition) is 2. The minimum absolute atomic E-state index is 0.693. The molecule has 2 nitrogen and oxygen atoms in total. The molecule has 1 aliphatic rings. The summed E-state index contributed by atoms with van der Waals surface area (Å²) in [5.74, 6) is 0.792. The van der Waals surface area contributed by atoms with Crippen molar-refractivity contribution in [3.05, 3.63) is 71.8 Å². The van der Waals surface area contributed by atoms with Crippen molar-refractivity contribution in [3.8, 4) is 5.75 Å². The van der Waals surface area contributed by atoms with Gasteiger partial charge in [0, 0.05) is 5.56 Å². The molecule has 24 heavy (non-hydrogen) atoms. The summed E-state index contributed by atoms with van der Waals surface area (Å²) in [6, 6.07) is 15.9. The highest BCUT2D eigenvalue weighted by Gasteiger charge is 2.35. The van der Waals surface area contributed by atoms with Gasteiger partial charge in [0.15, 0.2) is 0 Å². The summed E-state index contributed by atoms with van der Waals surface area (Å²) >= 11 is 0. The van der Waals surface area contributed by atoms with Crippen molar-refractivity contribution in [2.75, 3.05) is 6.61 Å². The normalized spacial score (nSPS) is 21.9. The molecule has 3 rings (SSSR count). The second-order valence-corrected chi connectivity index (χ2v) is 6.51. The van der Waals surface area contributed by atoms with Crippen LogP contribution in [0.2, 0.25) is 0 Å². The molecule has 0 aromatic heterocycles. The van der Waals surface area contributed by atoms with Gasteiger partial charge in [0.25, 0.3) is 0 Å². The van der Waals surface area contributed by atoms with Gasteiger partial charge < -0.3 is 9.84 Å². The van der Waals surface area contributed by atoms with Gasteiger partial charge in [-0.25, -0.2) is 0 Å². The lowest BCUT2D eigenvalue weighted by molar-refractivity contribution is 0.0648. The largest absolute Gasteiger partial charge is 0.493 e. The molecule has 126 valence electrons. The lowest BCUT2D eigenvalue weighted by atomic mass is 9.79. The van der Waals surface area contributed by atoms with Gasteiger partial charge in [-0.2, -0.15) is 0 Å². The van der Waals surface area contributed by atoms with Gasteiger partial charge >= 0.3 is 0 Å². The number of fused-ring (bicyclic) bond motifs is 1. The van der Waals surface area contributed by atoms with E-state index in [1.165, 1.54) is 12.8 Å². The summed E-state index contributed by atoms with van der Waals surface area (Å²) in [4.78, 5) is 0. The minimum Gasteiger partial charge on any atom is -0.493 e. The Balaban J connectivity index is 2.13. The first kappa shape index (κ1) is 16.8. The predicted octanol–water partition coefficient (Wildman–Crippen LogP) is 5.30. The van der Waals surface area contributed by atoms with Gasteiger partial charge in [-0.15, -0.1) is 0 Å². The lowest BCUT2D eigenvalue weighted by Crippen LogP contribution is -2.29. The van der Waals surface area contributed by atoms with E-state index in [2.05, 4.69) is 6.58 Å². The van der Waals surface area contributed by atoms with Crippen LogP contribution in [0.4, 0.5) is 0 Å². The lowest BCUT2D eigenvalue weighted by Gasteiger charge is -2.32. The Morgan fingerprint density at radius 2 is 1.54 bits per heavy atom. The van der Waals surface area contributed by atoms with Gasteiger partial charge in [-0.3, -0.25) is 0 Å². The second-order valence-electron chi connectivity index (χ2n) is 6.51. The molecule has 1 unspecified atom stereocenters. The van der Waals surface area contributed by atoms with Crippen molar-refractivity contribution in [2.24, 2.45) is 0 Å². The zero-order chi connectivity index (χ0) is 16.8. The fourth-order valence-corrected chi connectivity index (χ4v) is 3.60. The maximum absolute atomic E-state index is 11.8. The average molecular weight is 322 g/mol. The standard InChI is InChI=1S/C22H26O2/c1-2-18-12-6-7-13-19(18)22(23)16-10-4-3-5-11-17-24-21-15-9-8-14-20(21)22/h2,6-9,12-15,23H,1,3-5,10-11,16-17H2. The molecule has 1 atom stereocenters. The van der Waals surface area contributed by atoms with E-state index in [1.807, 2.05) is 54.6 Å². The average Bonchev–Trinajstić information content (AvgIpc) is 2.67. The van der Waals surface area contributed by atoms with Gasteiger partial charge in [0.2, 0.25) is 0 Å². The van der Waals surface area contributed by atoms with Crippen LogP contribution >= 0.6 is 0 Å². The molecule has 1 N–H and O–H groups in total. The van der Waals surface area contributed by atoms with E-state index in [0.717, 1.165) is 41.7 Å². The first-order valence-corrected chi connectivity index (χ1v) is 8.92. The second kappa shape index (κ2) is 7.67. The van der Waals surface area contributed by atoms with Crippen molar-refractivity contribution in [1.29, 1.82) is 0 Å². The molecule has 0 saturated carbocycles. The topological polar surface area (TPSA) is 29.5 Å². The Morgan fingerprint density at radius 1 is 0.875 bits per heavy atom. The van der Waals surface area contributed by atoms with E-state index in [0.29, 0.717) is 13.0 Å². The number of rotatable bonds is 2. The van der Waals surface area contributed by atoms with Crippen LogP contribution < -0.4 is 4.74 Å². The molecule has 0 aliphatic carbocycles. The smallest absolute Gasteiger partial charge is 0.125 e. The summed E-state index contributed by atoms with van der Waals surface area (Å²) in [6.45, 7) is 4.63. The predicted molar refractivity (Wildman–Crippen MR) is 99.2 cm³/mol. The Hall–Kier alpha value is -2.06. The Morgan fingerprint density at radius 3 is 2.38 bits per heavy atom. The minimum atomic E-state index is -1.05. The van der Waals surface area contributed by atoms with E-state index in [4.69, 9.17) is 4.74 Å². The van der Waals surface area contributed by atoms with Crippen LogP contribution in [0.3, 0.4) is 0 Å². The van der Waals surface area contributed by atoms with E-state index < -0.39 is 5.60 Å². The summed E-state index contributed by atoms with van der Waals surface area (Å²) in [6.07, 6.45) is 8.09. The van der Waals surface area contributed by atoms with E-state index in [1.54, 1.807) is 0 Å². The van der Waals surface area contributed by atoms with Crippen LogP contribution in [0, 0.1) is 0 Å². The number of benzene rings is 2. The van der Waals surface area contributed by atoms with Crippen LogP contribution in [0.5, 0.6) is 5.75 Å². The molecule has 2 aromatic carbocycles. The van der Waals surface area contributed by atoms with Gasteiger partial charge in [-0.1, -0.05) is 74.4 Å². The highest BCUT2D eigenvalue weighted by Crippen LogP contribution is 2.41. The maximum atomic E-state index is 11.8. The molecule has 1 heterocycles. The molecule has 0 bridgehead atoms. The van der Waals surface area contributed by atoms with Crippen LogP contribution in [-0.4, -0.2) is 11.7 Å². The van der Waals surface area contributed by atoms with Crippen LogP contribution in [0.1, 0.15) is 55.2 Å². The highest BCUT2D eigenvalue weighted by atomic mass is 16.5. The first-order chi connectivity index (χ1) is 11.8. The Kier molecular flexibility index (Phi) is 5.37. The van der Waals surface area contributed by atoms with Gasteiger partial charge in [-0.05, 0) is 36.5 Å². The molecular formula is C22H26O2. The molecule has 1 aliphatic heterocycles. The Bertz CT molecular complexity index is 692. The third-order valence-electron chi connectivity index (χ3n) is 4.90. The first-order valence-electron chi connectivity index (χ1n) is 8.92. The molecule has 0 amide bonds. The van der Waals surface area contributed by atoms with Crippen molar-refractivity contribution in [2.45, 2.75) is 44.1 Å². The van der Waals surface area contributed by atoms with Crippen LogP contribution in [0.15, 0.2) is 55.1 Å². The van der Waals surface area contributed by atoms with E-state index in [-0.39, 0.29) is 0 Å². The van der Waals surface area contributed by atoms with Gasteiger partial charge in [0.05, 0.1) is 6.61 Å². The zero-order valence-electron chi connectivity index (χ0n) is 14.2. The fourth-order valence-electron chi connectivity index (χ4n) is 3.60. The number of hydrogen-bond donors (Lipinski definition) is 1. The van der Waals surface area contributed by atoms with Crippen molar-refractivity contribution in [1.82, 2.24) is 0 Å². The zero-order valence-corrected chi connectivity index (χ0v) is 14.2. The number of para-hydroxylation sites is 1. The summed E-state index contributed by atoms with van der Waals surface area (Å²) in [5.41, 5.74) is 1.70. The SMILES string of the molecule is C=Cc1ccccc1C1(O)CCCCCCCOc2ccccc21. The third kappa shape index (κ3) is 3.39. The van der Waals surface area contributed by atoms with Crippen molar-refractivity contribution in [3.63, 3.8) is 0 Å². The quantitative estimate of drug-likeness (QED) is 0.813. The van der Waals surface area contributed by atoms with Crippen LogP contribution in [0.25, 0.3) is 6.08 Å². The molecule has 2 aromatic rings. The van der Waals surface area contributed by atoms with Gasteiger partial charge in [0.1, 0.15) is 11.4 Å². The molecular weight excluding hydrogens is 296 g/mol. The molecule has 0 saturated heterocycles. The molecule has 0 spiro atoms. The molecule has 2 heteroatoms. The van der Waals surface area contributed by atoms with Crippen molar-refractivity contribution >= 4 is 6.08 Å².